The summed E-state index contributed by atoms with van der Waals surface area (Å²) in [6.07, 6.45) is 1.67. The van der Waals surface area contributed by atoms with Crippen molar-refractivity contribution < 1.29 is 9.59 Å². The first kappa shape index (κ1) is 17.9. The molecule has 0 atom stereocenters. The van der Waals surface area contributed by atoms with Crippen LogP contribution in [0.25, 0.3) is 11.0 Å². The number of carbonyl (C=O) groups excluding carboxylic acids is 2. The van der Waals surface area contributed by atoms with Crippen LogP contribution in [0.15, 0.2) is 54.0 Å². The number of hydrogen-bond acceptors (Lipinski definition) is 5. The monoisotopic (exact) mass is 391 g/mol. The molecule has 0 bridgehead atoms. The summed E-state index contributed by atoms with van der Waals surface area (Å²) in [7, 11) is 0. The molecule has 8 heteroatoms. The second kappa shape index (κ2) is 7.24. The average Bonchev–Trinajstić information content (AvgIpc) is 3.32. The normalized spacial score (nSPS) is 10.9. The smallest absolute Gasteiger partial charge is 0.256 e. The van der Waals surface area contributed by atoms with Gasteiger partial charge in [-0.15, -0.1) is 11.3 Å². The van der Waals surface area contributed by atoms with Crippen LogP contribution in [-0.4, -0.2) is 26.6 Å². The Hall–Kier alpha value is -3.52. The molecule has 0 aliphatic carbocycles. The number of anilines is 1. The van der Waals surface area contributed by atoms with Crippen molar-refractivity contribution in [2.45, 2.75) is 13.5 Å². The molecule has 0 aliphatic rings. The van der Waals surface area contributed by atoms with Gasteiger partial charge in [0.1, 0.15) is 0 Å². The van der Waals surface area contributed by atoms with E-state index in [1.807, 2.05) is 24.4 Å². The second-order valence-electron chi connectivity index (χ2n) is 6.33. The number of hydrogen-bond donors (Lipinski definition) is 2. The number of thiophene rings is 1. The first-order valence-corrected chi connectivity index (χ1v) is 9.46. The predicted octanol–water partition coefficient (Wildman–Crippen LogP) is 3.20. The molecule has 2 amide bonds. The van der Waals surface area contributed by atoms with Gasteiger partial charge in [0.25, 0.3) is 5.91 Å². The number of nitrogens with zero attached hydrogens (tertiary/aromatic N) is 3. The van der Waals surface area contributed by atoms with Gasteiger partial charge < -0.3 is 11.1 Å². The lowest BCUT2D eigenvalue weighted by atomic mass is 10.1. The van der Waals surface area contributed by atoms with Gasteiger partial charge in [0.2, 0.25) is 5.91 Å². The number of amides is 2. The fraction of sp³-hybridized carbons (Fsp3) is 0.100. The number of fused-ring (bicyclic) bond motifs is 1. The van der Waals surface area contributed by atoms with Crippen molar-refractivity contribution in [2.24, 2.45) is 5.73 Å². The Morgan fingerprint density at radius 1 is 1.21 bits per heavy atom. The maximum Gasteiger partial charge on any atom is 0.256 e. The molecule has 0 radical (unpaired) electrons. The average molecular weight is 391 g/mol. The van der Waals surface area contributed by atoms with E-state index in [1.54, 1.807) is 52.5 Å². The van der Waals surface area contributed by atoms with Crippen LogP contribution in [-0.2, 0) is 6.54 Å². The van der Waals surface area contributed by atoms with Gasteiger partial charge >= 0.3 is 0 Å². The zero-order valence-corrected chi connectivity index (χ0v) is 15.9. The van der Waals surface area contributed by atoms with Gasteiger partial charge in [-0.2, -0.15) is 5.10 Å². The standard InChI is InChI=1S/C20H17N5O2S/c1-12-9-16(20(27)24-14-6-4-13(5-7-14)18(21)26)17-10-22-25(19(17)23-12)11-15-3-2-8-28-15/h2-10H,11H2,1H3,(H2,21,26)(H,24,27). The molecule has 1 aromatic carbocycles. The summed E-state index contributed by atoms with van der Waals surface area (Å²) in [5.74, 6) is -0.777. The summed E-state index contributed by atoms with van der Waals surface area (Å²) in [6, 6.07) is 12.2. The van der Waals surface area contributed by atoms with Crippen LogP contribution >= 0.6 is 11.3 Å². The summed E-state index contributed by atoms with van der Waals surface area (Å²) in [4.78, 5) is 29.8. The number of carbonyl (C=O) groups is 2. The minimum Gasteiger partial charge on any atom is -0.366 e. The Kier molecular flexibility index (Phi) is 4.62. The summed E-state index contributed by atoms with van der Waals surface area (Å²) < 4.78 is 1.80. The summed E-state index contributed by atoms with van der Waals surface area (Å²) in [5.41, 5.74) is 8.10. The Labute approximate surface area is 164 Å². The lowest BCUT2D eigenvalue weighted by Crippen LogP contribution is -2.14. The molecule has 4 rings (SSSR count). The van der Waals surface area contributed by atoms with Crippen LogP contribution in [0.4, 0.5) is 5.69 Å². The van der Waals surface area contributed by atoms with E-state index in [4.69, 9.17) is 5.73 Å². The van der Waals surface area contributed by atoms with Gasteiger partial charge in [0, 0.05) is 21.8 Å². The predicted molar refractivity (Wildman–Crippen MR) is 109 cm³/mol. The molecule has 0 unspecified atom stereocenters. The number of pyridine rings is 1. The van der Waals surface area contributed by atoms with Crippen LogP contribution in [0.2, 0.25) is 0 Å². The lowest BCUT2D eigenvalue weighted by molar-refractivity contribution is 0.0998. The van der Waals surface area contributed by atoms with Gasteiger partial charge in [-0.3, -0.25) is 9.59 Å². The van der Waals surface area contributed by atoms with Gasteiger partial charge in [-0.1, -0.05) is 6.07 Å². The quantitative estimate of drug-likeness (QED) is 0.545. The minimum atomic E-state index is -0.512. The third-order valence-electron chi connectivity index (χ3n) is 4.29. The van der Waals surface area contributed by atoms with Gasteiger partial charge in [-0.25, -0.2) is 9.67 Å². The van der Waals surface area contributed by atoms with E-state index in [2.05, 4.69) is 15.4 Å². The van der Waals surface area contributed by atoms with Crippen LogP contribution in [0.3, 0.4) is 0 Å². The van der Waals surface area contributed by atoms with Crippen LogP contribution in [0.5, 0.6) is 0 Å². The van der Waals surface area contributed by atoms with Crippen molar-refractivity contribution in [3.05, 3.63) is 75.7 Å². The summed E-state index contributed by atoms with van der Waals surface area (Å²) in [5, 5.41) is 9.97. The fourth-order valence-electron chi connectivity index (χ4n) is 2.94. The Morgan fingerprint density at radius 3 is 2.68 bits per heavy atom. The zero-order chi connectivity index (χ0) is 19.7. The van der Waals surface area contributed by atoms with Crippen molar-refractivity contribution in [3.8, 4) is 0 Å². The Bertz CT molecular complexity index is 1160. The van der Waals surface area contributed by atoms with E-state index in [9.17, 15) is 9.59 Å². The van der Waals surface area contributed by atoms with Crippen LogP contribution in [0, 0.1) is 6.92 Å². The van der Waals surface area contributed by atoms with Gasteiger partial charge in [0.05, 0.1) is 23.7 Å². The molecule has 0 fully saturated rings. The van der Waals surface area contributed by atoms with E-state index in [1.165, 1.54) is 0 Å². The molecule has 4 aromatic rings. The number of aromatic nitrogens is 3. The molecule has 0 aliphatic heterocycles. The van der Waals surface area contributed by atoms with E-state index >= 15 is 0 Å². The molecule has 3 heterocycles. The first-order chi connectivity index (χ1) is 13.5. The molecule has 3 N–H and O–H groups in total. The van der Waals surface area contributed by atoms with Crippen LogP contribution < -0.4 is 11.1 Å². The van der Waals surface area contributed by atoms with Gasteiger partial charge in [-0.05, 0) is 48.7 Å². The number of rotatable bonds is 5. The summed E-state index contributed by atoms with van der Waals surface area (Å²) in [6.45, 7) is 2.45. The van der Waals surface area contributed by atoms with E-state index < -0.39 is 5.91 Å². The molecule has 0 saturated carbocycles. The van der Waals surface area contributed by atoms with Crippen molar-refractivity contribution in [1.82, 2.24) is 14.8 Å². The highest BCUT2D eigenvalue weighted by atomic mass is 32.1. The topological polar surface area (TPSA) is 103 Å². The van der Waals surface area contributed by atoms with E-state index in [0.717, 1.165) is 10.6 Å². The highest BCUT2D eigenvalue weighted by molar-refractivity contribution is 7.09. The van der Waals surface area contributed by atoms with Crippen molar-refractivity contribution in [3.63, 3.8) is 0 Å². The fourth-order valence-corrected chi connectivity index (χ4v) is 3.63. The molecular weight excluding hydrogens is 374 g/mol. The van der Waals surface area contributed by atoms with Crippen molar-refractivity contribution in [2.75, 3.05) is 5.32 Å². The third kappa shape index (κ3) is 3.49. The largest absolute Gasteiger partial charge is 0.366 e. The number of aryl methyl sites for hydroxylation is 1. The van der Waals surface area contributed by atoms with E-state index in [0.29, 0.717) is 34.4 Å². The minimum absolute atomic E-state index is 0.266. The molecule has 140 valence electrons. The Morgan fingerprint density at radius 2 is 2.00 bits per heavy atom. The number of benzene rings is 1. The molecular formula is C20H17N5O2S. The highest BCUT2D eigenvalue weighted by Gasteiger charge is 2.16. The van der Waals surface area contributed by atoms with Crippen LogP contribution in [0.1, 0.15) is 31.3 Å². The van der Waals surface area contributed by atoms with Crippen molar-refractivity contribution >= 4 is 39.9 Å². The number of primary amides is 1. The molecule has 28 heavy (non-hydrogen) atoms. The Balaban J connectivity index is 1.65. The third-order valence-corrected chi connectivity index (χ3v) is 5.16. The van der Waals surface area contributed by atoms with E-state index in [-0.39, 0.29) is 5.91 Å². The molecule has 3 aromatic heterocycles. The van der Waals surface area contributed by atoms with Gasteiger partial charge in [0.15, 0.2) is 5.65 Å². The maximum absolute atomic E-state index is 12.9. The zero-order valence-electron chi connectivity index (χ0n) is 15.0. The molecule has 7 nitrogen and oxygen atoms in total. The lowest BCUT2D eigenvalue weighted by Gasteiger charge is -2.08. The first-order valence-electron chi connectivity index (χ1n) is 8.58. The maximum atomic E-state index is 12.9. The number of nitrogens with two attached hydrogens (primary N) is 1. The number of nitrogens with one attached hydrogen (secondary N) is 1. The second-order valence-corrected chi connectivity index (χ2v) is 7.36. The highest BCUT2D eigenvalue weighted by Crippen LogP contribution is 2.22. The summed E-state index contributed by atoms with van der Waals surface area (Å²) >= 11 is 1.65. The molecule has 0 saturated heterocycles. The molecule has 0 spiro atoms. The van der Waals surface area contributed by atoms with Crippen molar-refractivity contribution in [1.29, 1.82) is 0 Å². The SMILES string of the molecule is Cc1cc(C(=O)Nc2ccc(C(N)=O)cc2)c2cnn(Cc3cccs3)c2n1.